The van der Waals surface area contributed by atoms with Crippen LogP contribution < -0.4 is 15.4 Å². The molecule has 1 amide bonds. The molecule has 3 N–H and O–H groups in total. The van der Waals surface area contributed by atoms with Crippen LogP contribution in [0.25, 0.3) is 0 Å². The molecule has 0 saturated heterocycles. The van der Waals surface area contributed by atoms with E-state index >= 15 is 0 Å². The van der Waals surface area contributed by atoms with Crippen LogP contribution in [0.1, 0.15) is 24.1 Å². The molecule has 0 bridgehead atoms. The van der Waals surface area contributed by atoms with E-state index in [0.29, 0.717) is 34.2 Å². The summed E-state index contributed by atoms with van der Waals surface area (Å²) in [5.74, 6) is 0.450. The van der Waals surface area contributed by atoms with Gasteiger partial charge in [-0.2, -0.15) is 4.68 Å². The number of amides is 1. The van der Waals surface area contributed by atoms with E-state index in [9.17, 15) is 9.90 Å². The zero-order valence-corrected chi connectivity index (χ0v) is 16.2. The van der Waals surface area contributed by atoms with Crippen molar-refractivity contribution in [2.45, 2.75) is 19.9 Å². The van der Waals surface area contributed by atoms with Crippen molar-refractivity contribution in [1.82, 2.24) is 20.2 Å². The lowest BCUT2D eigenvalue weighted by Gasteiger charge is -2.28. The molecule has 9 nitrogen and oxygen atoms in total. The molecule has 2 heterocycles. The number of anilines is 2. The largest absolute Gasteiger partial charge is 0.504 e. The Kier molecular flexibility index (Phi) is 4.63. The quantitative estimate of drug-likeness (QED) is 0.625. The number of aromatic nitrogens is 4. The number of nitrogens with one attached hydrogen (secondary N) is 2. The highest BCUT2D eigenvalue weighted by Crippen LogP contribution is 2.38. The fraction of sp³-hybridized carbons (Fsp3) is 0.200. The molecule has 3 aromatic rings. The van der Waals surface area contributed by atoms with Crippen LogP contribution in [0.4, 0.5) is 11.6 Å². The fourth-order valence-corrected chi connectivity index (χ4v) is 3.40. The van der Waals surface area contributed by atoms with Crippen LogP contribution in [0.15, 0.2) is 53.7 Å². The molecule has 1 unspecified atom stereocenters. The molecule has 4 rings (SSSR count). The molecule has 1 aliphatic heterocycles. The van der Waals surface area contributed by atoms with Gasteiger partial charge in [0.2, 0.25) is 5.95 Å². The maximum atomic E-state index is 13.3. The average Bonchev–Trinajstić information content (AvgIpc) is 3.15. The Balaban J connectivity index is 1.78. The third-order valence-corrected chi connectivity index (χ3v) is 4.75. The van der Waals surface area contributed by atoms with Crippen LogP contribution in [0.3, 0.4) is 0 Å². The number of ether oxygens (including phenoxy) is 1. The number of tetrazole rings is 1. The highest BCUT2D eigenvalue weighted by molar-refractivity contribution is 6.06. The average molecular weight is 392 g/mol. The van der Waals surface area contributed by atoms with Crippen LogP contribution in [0.2, 0.25) is 0 Å². The molecular formula is C20H20N6O3. The summed E-state index contributed by atoms with van der Waals surface area (Å²) in [5.41, 5.74) is 3.52. The minimum atomic E-state index is -0.597. The molecule has 0 saturated carbocycles. The van der Waals surface area contributed by atoms with E-state index in [1.165, 1.54) is 17.9 Å². The first-order chi connectivity index (χ1) is 14.0. The lowest BCUT2D eigenvalue weighted by Crippen LogP contribution is -2.31. The van der Waals surface area contributed by atoms with Gasteiger partial charge in [0.25, 0.3) is 5.91 Å². The second-order valence-corrected chi connectivity index (χ2v) is 6.77. The molecule has 2 aromatic carbocycles. The van der Waals surface area contributed by atoms with Crippen molar-refractivity contribution >= 4 is 17.5 Å². The van der Waals surface area contributed by atoms with Gasteiger partial charge >= 0.3 is 0 Å². The van der Waals surface area contributed by atoms with Crippen LogP contribution in [0, 0.1) is 6.92 Å². The van der Waals surface area contributed by atoms with Crippen LogP contribution >= 0.6 is 0 Å². The van der Waals surface area contributed by atoms with Crippen LogP contribution in [0.5, 0.6) is 11.5 Å². The molecule has 1 aromatic heterocycles. The maximum Gasteiger partial charge on any atom is 0.255 e. The minimum absolute atomic E-state index is 0.00795. The summed E-state index contributed by atoms with van der Waals surface area (Å²) in [7, 11) is 1.47. The highest BCUT2D eigenvalue weighted by atomic mass is 16.5. The van der Waals surface area contributed by atoms with Gasteiger partial charge in [-0.15, -0.1) is 0 Å². The van der Waals surface area contributed by atoms with Gasteiger partial charge in [0.1, 0.15) is 6.04 Å². The van der Waals surface area contributed by atoms with E-state index in [4.69, 9.17) is 4.74 Å². The summed E-state index contributed by atoms with van der Waals surface area (Å²) < 4.78 is 6.77. The number of aromatic hydroxyl groups is 1. The van der Waals surface area contributed by atoms with Gasteiger partial charge in [-0.1, -0.05) is 23.3 Å². The summed E-state index contributed by atoms with van der Waals surface area (Å²) in [4.78, 5) is 13.3. The van der Waals surface area contributed by atoms with Crippen molar-refractivity contribution in [3.8, 4) is 11.5 Å². The van der Waals surface area contributed by atoms with Gasteiger partial charge in [0.15, 0.2) is 11.5 Å². The van der Waals surface area contributed by atoms with Gasteiger partial charge in [0.05, 0.1) is 12.7 Å². The zero-order valence-electron chi connectivity index (χ0n) is 16.2. The van der Waals surface area contributed by atoms with Crippen molar-refractivity contribution < 1.29 is 14.6 Å². The van der Waals surface area contributed by atoms with E-state index in [2.05, 4.69) is 26.2 Å². The normalized spacial score (nSPS) is 15.5. The van der Waals surface area contributed by atoms with Crippen molar-refractivity contribution in [3.05, 3.63) is 64.9 Å². The Labute approximate surface area is 167 Å². The third kappa shape index (κ3) is 3.38. The number of carbonyl (C=O) groups excluding carboxylic acids is 1. The topological polar surface area (TPSA) is 114 Å². The molecule has 1 aliphatic rings. The van der Waals surface area contributed by atoms with Crippen molar-refractivity contribution in [3.63, 3.8) is 0 Å². The SMILES string of the molecule is COc1cc(C2C(C(=O)Nc3cccc(C)c3)=C(C)Nc3nnnn32)ccc1O. The highest BCUT2D eigenvalue weighted by Gasteiger charge is 2.34. The van der Waals surface area contributed by atoms with Gasteiger partial charge in [0, 0.05) is 11.4 Å². The lowest BCUT2D eigenvalue weighted by molar-refractivity contribution is -0.113. The van der Waals surface area contributed by atoms with Gasteiger partial charge in [-0.25, -0.2) is 0 Å². The first kappa shape index (κ1) is 18.5. The Morgan fingerprint density at radius 3 is 2.83 bits per heavy atom. The predicted molar refractivity (Wildman–Crippen MR) is 107 cm³/mol. The molecule has 9 heteroatoms. The molecule has 0 aliphatic carbocycles. The molecule has 1 atom stereocenters. The molecule has 0 radical (unpaired) electrons. The van der Waals surface area contributed by atoms with Gasteiger partial charge in [-0.3, -0.25) is 4.79 Å². The Bertz CT molecular complexity index is 1120. The van der Waals surface area contributed by atoms with E-state index in [1.54, 1.807) is 19.1 Å². The second-order valence-electron chi connectivity index (χ2n) is 6.77. The zero-order chi connectivity index (χ0) is 20.5. The summed E-state index contributed by atoms with van der Waals surface area (Å²) in [6.45, 7) is 3.76. The minimum Gasteiger partial charge on any atom is -0.504 e. The summed E-state index contributed by atoms with van der Waals surface area (Å²) in [5, 5.41) is 27.7. The number of allylic oxidation sites excluding steroid dienone is 1. The first-order valence-corrected chi connectivity index (χ1v) is 8.98. The monoisotopic (exact) mass is 392 g/mol. The Hall–Kier alpha value is -3.88. The molecule has 0 spiro atoms. The van der Waals surface area contributed by atoms with Crippen molar-refractivity contribution in [2.75, 3.05) is 17.7 Å². The third-order valence-electron chi connectivity index (χ3n) is 4.75. The number of hydrogen-bond donors (Lipinski definition) is 3. The number of rotatable bonds is 4. The van der Waals surface area contributed by atoms with Gasteiger partial charge in [-0.05, 0) is 59.7 Å². The number of nitrogens with zero attached hydrogens (tertiary/aromatic N) is 4. The van der Waals surface area contributed by atoms with Crippen LogP contribution in [-0.4, -0.2) is 38.3 Å². The van der Waals surface area contributed by atoms with Crippen molar-refractivity contribution in [2.24, 2.45) is 0 Å². The number of phenolic OH excluding ortho intramolecular Hbond substituents is 1. The standard InChI is InChI=1S/C20H20N6O3/c1-11-5-4-6-14(9-11)22-19(28)17-12(2)21-20-23-24-25-26(20)18(17)13-7-8-15(27)16(10-13)29-3/h4-10,18,27H,1-3H3,(H,22,28)(H,21,23,25). The Morgan fingerprint density at radius 2 is 2.07 bits per heavy atom. The number of phenols is 1. The maximum absolute atomic E-state index is 13.3. The first-order valence-electron chi connectivity index (χ1n) is 8.98. The molecule has 0 fully saturated rings. The van der Waals surface area contributed by atoms with E-state index < -0.39 is 6.04 Å². The summed E-state index contributed by atoms with van der Waals surface area (Å²) in [6, 6.07) is 11.9. The second kappa shape index (κ2) is 7.27. The number of aryl methyl sites for hydroxylation is 1. The predicted octanol–water partition coefficient (Wildman–Crippen LogP) is 2.62. The van der Waals surface area contributed by atoms with E-state index in [-0.39, 0.29) is 11.7 Å². The molecule has 148 valence electrons. The van der Waals surface area contributed by atoms with E-state index in [0.717, 1.165) is 5.56 Å². The number of methoxy groups -OCH3 is 1. The number of hydrogen-bond acceptors (Lipinski definition) is 7. The lowest BCUT2D eigenvalue weighted by atomic mass is 9.94. The van der Waals surface area contributed by atoms with Crippen molar-refractivity contribution in [1.29, 1.82) is 0 Å². The summed E-state index contributed by atoms with van der Waals surface area (Å²) in [6.07, 6.45) is 0. The van der Waals surface area contributed by atoms with Gasteiger partial charge < -0.3 is 20.5 Å². The molecular weight excluding hydrogens is 372 g/mol. The number of benzene rings is 2. The van der Waals surface area contributed by atoms with Crippen LogP contribution in [-0.2, 0) is 4.79 Å². The number of fused-ring (bicyclic) bond motifs is 1. The molecule has 29 heavy (non-hydrogen) atoms. The fourth-order valence-electron chi connectivity index (χ4n) is 3.40. The van der Waals surface area contributed by atoms with E-state index in [1.807, 2.05) is 31.2 Å². The summed E-state index contributed by atoms with van der Waals surface area (Å²) >= 11 is 0. The smallest absolute Gasteiger partial charge is 0.255 e. The number of carbonyl (C=O) groups is 1. The Morgan fingerprint density at radius 1 is 1.24 bits per heavy atom.